The minimum atomic E-state index is -0.869. The van der Waals surface area contributed by atoms with Crippen LogP contribution >= 0.6 is 0 Å². The number of aliphatic imine (C=N–C) groups is 1. The van der Waals surface area contributed by atoms with Crippen LogP contribution in [0, 0.1) is 0 Å². The molecule has 0 radical (unpaired) electrons. The SMILES string of the molecule is NNC(N)=NCC(O)CO. The van der Waals surface area contributed by atoms with Crippen LogP contribution in [0.1, 0.15) is 0 Å². The molecule has 0 aromatic heterocycles. The number of aliphatic hydroxyl groups excluding tert-OH is 2. The molecule has 6 nitrogen and oxygen atoms in total. The second kappa shape index (κ2) is 4.98. The molecule has 1 atom stereocenters. The standard InChI is InChI=1S/C4H12N4O2/c5-4(8-6)7-1-3(10)2-9/h3,9-10H,1-2,6H2,(H3,5,7,8). The highest BCUT2D eigenvalue weighted by Crippen LogP contribution is 1.80. The first-order valence-corrected chi connectivity index (χ1v) is 2.76. The second-order valence-electron chi connectivity index (χ2n) is 1.71. The number of hydrogen-bond acceptors (Lipinski definition) is 4. The maximum absolute atomic E-state index is 8.72. The summed E-state index contributed by atoms with van der Waals surface area (Å²) in [6.45, 7) is -0.284. The van der Waals surface area contributed by atoms with Crippen molar-refractivity contribution < 1.29 is 10.2 Å². The molecule has 0 amide bonds. The quantitative estimate of drug-likeness (QED) is 0.127. The molecule has 0 saturated heterocycles. The van der Waals surface area contributed by atoms with Gasteiger partial charge in [0, 0.05) is 0 Å². The van der Waals surface area contributed by atoms with Crippen molar-refractivity contribution in [2.24, 2.45) is 16.6 Å². The molecule has 1 unspecified atom stereocenters. The monoisotopic (exact) mass is 148 g/mol. The van der Waals surface area contributed by atoms with E-state index >= 15 is 0 Å². The average molecular weight is 148 g/mol. The molecule has 0 saturated carbocycles. The minimum absolute atomic E-state index is 0.0347. The maximum atomic E-state index is 8.72. The Kier molecular flexibility index (Phi) is 4.55. The van der Waals surface area contributed by atoms with Gasteiger partial charge in [0.05, 0.1) is 19.3 Å². The van der Waals surface area contributed by atoms with Crippen LogP contribution in [0.4, 0.5) is 0 Å². The fourth-order valence-corrected chi connectivity index (χ4v) is 0.307. The number of nitrogens with two attached hydrogens (primary N) is 2. The first-order chi connectivity index (χ1) is 4.70. The first-order valence-electron chi connectivity index (χ1n) is 2.76. The van der Waals surface area contributed by atoms with E-state index in [1.807, 2.05) is 0 Å². The number of rotatable bonds is 3. The number of hydrogen-bond donors (Lipinski definition) is 5. The van der Waals surface area contributed by atoms with Crippen LogP contribution in [0.15, 0.2) is 4.99 Å². The first kappa shape index (κ1) is 9.15. The van der Waals surface area contributed by atoms with Crippen molar-refractivity contribution in [3.05, 3.63) is 0 Å². The van der Waals surface area contributed by atoms with Gasteiger partial charge >= 0.3 is 0 Å². The van der Waals surface area contributed by atoms with Crippen molar-refractivity contribution in [2.75, 3.05) is 13.2 Å². The maximum Gasteiger partial charge on any atom is 0.203 e. The van der Waals surface area contributed by atoms with Crippen molar-refractivity contribution in [1.29, 1.82) is 0 Å². The van der Waals surface area contributed by atoms with Gasteiger partial charge in [0.15, 0.2) is 0 Å². The molecule has 0 aromatic carbocycles. The van der Waals surface area contributed by atoms with E-state index in [1.54, 1.807) is 0 Å². The van der Waals surface area contributed by atoms with Crippen LogP contribution in [0.25, 0.3) is 0 Å². The van der Waals surface area contributed by atoms with Crippen molar-refractivity contribution in [3.8, 4) is 0 Å². The number of guanidine groups is 1. The van der Waals surface area contributed by atoms with Crippen molar-refractivity contribution in [2.45, 2.75) is 6.10 Å². The Bertz CT molecular complexity index is 116. The lowest BCUT2D eigenvalue weighted by Gasteiger charge is -2.02. The van der Waals surface area contributed by atoms with Crippen LogP contribution in [0.5, 0.6) is 0 Å². The van der Waals surface area contributed by atoms with E-state index in [0.29, 0.717) is 0 Å². The van der Waals surface area contributed by atoms with Gasteiger partial charge in [-0.15, -0.1) is 0 Å². The third kappa shape index (κ3) is 4.07. The summed E-state index contributed by atoms with van der Waals surface area (Å²) in [4.78, 5) is 3.56. The molecule has 0 bridgehead atoms. The van der Waals surface area contributed by atoms with Gasteiger partial charge in [-0.05, 0) is 0 Å². The zero-order valence-corrected chi connectivity index (χ0v) is 5.49. The van der Waals surface area contributed by atoms with E-state index in [0.717, 1.165) is 0 Å². The normalized spacial score (nSPS) is 14.9. The van der Waals surface area contributed by atoms with E-state index in [2.05, 4.69) is 10.4 Å². The predicted octanol–water partition coefficient (Wildman–Crippen LogP) is -2.88. The lowest BCUT2D eigenvalue weighted by molar-refractivity contribution is 0.102. The zero-order chi connectivity index (χ0) is 7.98. The number of nitrogens with zero attached hydrogens (tertiary/aromatic N) is 1. The fraction of sp³-hybridized carbons (Fsp3) is 0.750. The van der Waals surface area contributed by atoms with Gasteiger partial charge < -0.3 is 15.9 Å². The van der Waals surface area contributed by atoms with Gasteiger partial charge in [-0.3, -0.25) is 5.43 Å². The van der Waals surface area contributed by atoms with Gasteiger partial charge in [-0.1, -0.05) is 0 Å². The molecule has 10 heavy (non-hydrogen) atoms. The Morgan fingerprint density at radius 2 is 2.30 bits per heavy atom. The van der Waals surface area contributed by atoms with E-state index in [9.17, 15) is 0 Å². The van der Waals surface area contributed by atoms with Crippen molar-refractivity contribution >= 4 is 5.96 Å². The van der Waals surface area contributed by atoms with Crippen LogP contribution < -0.4 is 17.0 Å². The molecule has 0 rings (SSSR count). The Labute approximate surface area is 58.5 Å². The Morgan fingerprint density at radius 3 is 2.70 bits per heavy atom. The molecule has 60 valence electrons. The van der Waals surface area contributed by atoms with Crippen molar-refractivity contribution in [1.82, 2.24) is 5.43 Å². The molecule has 0 aliphatic rings. The van der Waals surface area contributed by atoms with Gasteiger partial charge in [0.1, 0.15) is 0 Å². The largest absolute Gasteiger partial charge is 0.394 e. The van der Waals surface area contributed by atoms with Crippen molar-refractivity contribution in [3.63, 3.8) is 0 Å². The summed E-state index contributed by atoms with van der Waals surface area (Å²) < 4.78 is 0. The van der Waals surface area contributed by atoms with Gasteiger partial charge in [0.25, 0.3) is 0 Å². The van der Waals surface area contributed by atoms with Gasteiger partial charge in [0.2, 0.25) is 5.96 Å². The molecule has 0 aliphatic heterocycles. The highest BCUT2D eigenvalue weighted by molar-refractivity contribution is 5.77. The highest BCUT2D eigenvalue weighted by Gasteiger charge is 1.98. The molecular formula is C4H12N4O2. The Hall–Kier alpha value is -0.850. The van der Waals surface area contributed by atoms with Crippen LogP contribution in [-0.4, -0.2) is 35.4 Å². The minimum Gasteiger partial charge on any atom is -0.394 e. The molecule has 0 fully saturated rings. The van der Waals surface area contributed by atoms with E-state index in [1.165, 1.54) is 0 Å². The number of aliphatic hydroxyl groups is 2. The second-order valence-corrected chi connectivity index (χ2v) is 1.71. The van der Waals surface area contributed by atoms with E-state index in [-0.39, 0.29) is 19.1 Å². The summed E-state index contributed by atoms with van der Waals surface area (Å²) in [7, 11) is 0. The molecule has 0 aromatic rings. The lowest BCUT2D eigenvalue weighted by Crippen LogP contribution is -2.37. The molecule has 0 aliphatic carbocycles. The molecular weight excluding hydrogens is 136 g/mol. The molecule has 0 spiro atoms. The third-order valence-electron chi connectivity index (χ3n) is 0.831. The summed E-state index contributed by atoms with van der Waals surface area (Å²) in [5.41, 5.74) is 7.18. The van der Waals surface area contributed by atoms with Crippen LogP contribution in [0.2, 0.25) is 0 Å². The summed E-state index contributed by atoms with van der Waals surface area (Å²) in [5, 5.41) is 17.0. The fourth-order valence-electron chi connectivity index (χ4n) is 0.307. The van der Waals surface area contributed by atoms with E-state index < -0.39 is 6.10 Å². The average Bonchev–Trinajstić information content (AvgIpc) is 1.99. The summed E-state index contributed by atoms with van der Waals surface area (Å²) >= 11 is 0. The smallest absolute Gasteiger partial charge is 0.203 e. The Balaban J connectivity index is 3.50. The zero-order valence-electron chi connectivity index (χ0n) is 5.49. The van der Waals surface area contributed by atoms with E-state index in [4.69, 9.17) is 21.8 Å². The summed E-state index contributed by atoms with van der Waals surface area (Å²) in [6, 6.07) is 0. The summed E-state index contributed by atoms with van der Waals surface area (Å²) in [5.74, 6) is 4.88. The van der Waals surface area contributed by atoms with Crippen LogP contribution in [-0.2, 0) is 0 Å². The van der Waals surface area contributed by atoms with Gasteiger partial charge in [-0.25, -0.2) is 10.8 Å². The third-order valence-corrected chi connectivity index (χ3v) is 0.831. The number of hydrazine groups is 1. The van der Waals surface area contributed by atoms with Crippen LogP contribution in [0.3, 0.4) is 0 Å². The lowest BCUT2D eigenvalue weighted by atomic mass is 10.4. The summed E-state index contributed by atoms with van der Waals surface area (Å²) in [6.07, 6.45) is -0.869. The molecule has 7 N–H and O–H groups in total. The molecule has 6 heteroatoms. The highest BCUT2D eigenvalue weighted by atomic mass is 16.3. The topological polar surface area (TPSA) is 117 Å². The number of nitrogens with one attached hydrogen (secondary N) is 1. The predicted molar refractivity (Wildman–Crippen MR) is 36.9 cm³/mol. The molecule has 0 heterocycles. The Morgan fingerprint density at radius 1 is 1.70 bits per heavy atom. The van der Waals surface area contributed by atoms with Gasteiger partial charge in [-0.2, -0.15) is 0 Å².